The molecule has 1 unspecified atom stereocenters. The number of H-pyrrole nitrogens is 1. The van der Waals surface area contributed by atoms with Gasteiger partial charge in [0.25, 0.3) is 0 Å². The molecule has 0 radical (unpaired) electrons. The van der Waals surface area contributed by atoms with Crippen LogP contribution in [0.4, 0.5) is 11.4 Å². The molecule has 2 fully saturated rings. The maximum absolute atomic E-state index is 12.7. The molecule has 2 aromatic carbocycles. The number of nitrogens with one attached hydrogen (secondary N) is 2. The zero-order valence-corrected chi connectivity index (χ0v) is 24.8. The maximum Gasteiger partial charge on any atom is 0.250 e. The summed E-state index contributed by atoms with van der Waals surface area (Å²) in [4.78, 5) is 25.4. The van der Waals surface area contributed by atoms with E-state index in [0.29, 0.717) is 19.3 Å². The lowest BCUT2D eigenvalue weighted by Crippen LogP contribution is -2.37. The van der Waals surface area contributed by atoms with E-state index in [1.807, 2.05) is 11.8 Å². The van der Waals surface area contributed by atoms with E-state index in [4.69, 9.17) is 9.47 Å². The zero-order valence-electron chi connectivity index (χ0n) is 23.1. The topological polar surface area (TPSA) is 69.8 Å². The Morgan fingerprint density at radius 1 is 0.925 bits per heavy atom. The number of morpholine rings is 2. The summed E-state index contributed by atoms with van der Waals surface area (Å²) in [6.07, 6.45) is 3.47. The summed E-state index contributed by atoms with van der Waals surface area (Å²) in [7, 11) is 0. The number of benzene rings is 2. The van der Waals surface area contributed by atoms with Gasteiger partial charge in [-0.1, -0.05) is 42.6 Å². The van der Waals surface area contributed by atoms with Gasteiger partial charge < -0.3 is 24.7 Å². The Balaban J connectivity index is 1.16. The summed E-state index contributed by atoms with van der Waals surface area (Å²) in [5.74, 6) is 0. The highest BCUT2D eigenvalue weighted by atomic mass is 32.2. The number of pyridine rings is 1. The monoisotopic (exact) mass is 578 g/mol. The van der Waals surface area contributed by atoms with Crippen molar-refractivity contribution in [3.8, 4) is 11.3 Å². The van der Waals surface area contributed by atoms with E-state index < -0.39 is 0 Å². The Hall–Kier alpha value is -2.43. The molecule has 1 atom stereocenters. The second-order valence-corrected chi connectivity index (χ2v) is 12.7. The van der Waals surface area contributed by atoms with Gasteiger partial charge in [-0.25, -0.2) is 0 Å². The van der Waals surface area contributed by atoms with Crippen molar-refractivity contribution in [1.29, 1.82) is 0 Å². The molecule has 0 bridgehead atoms. The summed E-state index contributed by atoms with van der Waals surface area (Å²) in [5, 5.41) is 3.80. The third kappa shape index (κ3) is 6.55. The van der Waals surface area contributed by atoms with Gasteiger partial charge in [0.05, 0.1) is 32.1 Å². The Bertz CT molecular complexity index is 1370. The minimum Gasteiger partial charge on any atom is -0.382 e. The van der Waals surface area contributed by atoms with Gasteiger partial charge in [0.1, 0.15) is 0 Å². The van der Waals surface area contributed by atoms with Gasteiger partial charge in [-0.15, -0.1) is 0 Å². The Labute approximate surface area is 245 Å². The molecule has 4 heterocycles. The SMILES string of the molecule is CCC(CCCN1CCOCC1)Nc1ccc2c(c1)Sc1cccc(-c3cc(N4CCOCC4)cc(=O)[nH]3)c1S2. The highest BCUT2D eigenvalue weighted by Gasteiger charge is 2.23. The van der Waals surface area contributed by atoms with Crippen molar-refractivity contribution < 1.29 is 9.47 Å². The molecule has 212 valence electrons. The molecular weight excluding hydrogens is 541 g/mol. The van der Waals surface area contributed by atoms with Crippen LogP contribution in [-0.4, -0.2) is 75.1 Å². The fourth-order valence-corrected chi connectivity index (χ4v) is 7.99. The van der Waals surface area contributed by atoms with E-state index in [9.17, 15) is 4.79 Å². The molecule has 9 heteroatoms. The first-order chi connectivity index (χ1) is 19.7. The van der Waals surface area contributed by atoms with Crippen molar-refractivity contribution in [3.05, 3.63) is 58.9 Å². The number of aromatic amines is 1. The molecule has 3 aromatic rings. The first-order valence-corrected chi connectivity index (χ1v) is 16.1. The minimum atomic E-state index is -0.0726. The Morgan fingerprint density at radius 2 is 1.73 bits per heavy atom. The summed E-state index contributed by atoms with van der Waals surface area (Å²) in [6, 6.07) is 17.4. The van der Waals surface area contributed by atoms with Crippen LogP contribution < -0.4 is 15.8 Å². The number of rotatable bonds is 9. The quantitative estimate of drug-likeness (QED) is 0.258. The van der Waals surface area contributed by atoms with Crippen LogP contribution in [0.2, 0.25) is 0 Å². The number of nitrogens with zero attached hydrogens (tertiary/aromatic N) is 2. The predicted molar refractivity (Wildman–Crippen MR) is 164 cm³/mol. The summed E-state index contributed by atoms with van der Waals surface area (Å²) in [5.41, 5.74) is 4.01. The fourth-order valence-electron chi connectivity index (χ4n) is 5.58. The molecule has 0 amide bonds. The summed E-state index contributed by atoms with van der Waals surface area (Å²) in [6.45, 7) is 10.3. The number of anilines is 2. The highest BCUT2D eigenvalue weighted by Crippen LogP contribution is 2.52. The van der Waals surface area contributed by atoms with Gasteiger partial charge in [0, 0.05) is 74.8 Å². The molecule has 40 heavy (non-hydrogen) atoms. The van der Waals surface area contributed by atoms with Crippen LogP contribution in [0, 0.1) is 0 Å². The molecule has 2 N–H and O–H groups in total. The zero-order chi connectivity index (χ0) is 27.3. The van der Waals surface area contributed by atoms with Crippen LogP contribution in [0.1, 0.15) is 26.2 Å². The van der Waals surface area contributed by atoms with Crippen LogP contribution >= 0.6 is 23.5 Å². The molecular formula is C31H38N4O3S2. The molecule has 3 aliphatic heterocycles. The second kappa shape index (κ2) is 13.0. The van der Waals surface area contributed by atoms with E-state index >= 15 is 0 Å². The summed E-state index contributed by atoms with van der Waals surface area (Å²) >= 11 is 3.61. The second-order valence-electron chi connectivity index (χ2n) is 10.6. The van der Waals surface area contributed by atoms with E-state index in [2.05, 4.69) is 69.5 Å². The van der Waals surface area contributed by atoms with Gasteiger partial charge in [-0.2, -0.15) is 0 Å². The average Bonchev–Trinajstić information content (AvgIpc) is 3.00. The molecule has 1 aromatic heterocycles. The van der Waals surface area contributed by atoms with Gasteiger partial charge in [-0.3, -0.25) is 9.69 Å². The van der Waals surface area contributed by atoms with Crippen LogP contribution in [0.15, 0.2) is 72.9 Å². The fraction of sp³-hybridized carbons (Fsp3) is 0.452. The minimum absolute atomic E-state index is 0.0726. The van der Waals surface area contributed by atoms with Crippen molar-refractivity contribution in [3.63, 3.8) is 0 Å². The van der Waals surface area contributed by atoms with Crippen LogP contribution in [0.3, 0.4) is 0 Å². The molecule has 0 spiro atoms. The highest BCUT2D eigenvalue weighted by molar-refractivity contribution is 8.05. The van der Waals surface area contributed by atoms with E-state index in [0.717, 1.165) is 69.3 Å². The lowest BCUT2D eigenvalue weighted by Gasteiger charge is -2.29. The maximum atomic E-state index is 12.7. The molecule has 2 saturated heterocycles. The van der Waals surface area contributed by atoms with Crippen molar-refractivity contribution >= 4 is 34.9 Å². The van der Waals surface area contributed by atoms with E-state index in [1.54, 1.807) is 17.8 Å². The number of aromatic nitrogens is 1. The number of fused-ring (bicyclic) bond motifs is 2. The van der Waals surface area contributed by atoms with Crippen molar-refractivity contribution in [2.75, 3.05) is 69.4 Å². The molecule has 3 aliphatic rings. The third-order valence-electron chi connectivity index (χ3n) is 7.84. The molecule has 0 saturated carbocycles. The molecule has 7 nitrogen and oxygen atoms in total. The van der Waals surface area contributed by atoms with Gasteiger partial charge in [-0.05, 0) is 56.1 Å². The summed E-state index contributed by atoms with van der Waals surface area (Å²) < 4.78 is 11.0. The molecule has 6 rings (SSSR count). The lowest BCUT2D eigenvalue weighted by atomic mass is 10.1. The van der Waals surface area contributed by atoms with E-state index in [-0.39, 0.29) is 5.56 Å². The number of ether oxygens (including phenoxy) is 2. The first-order valence-electron chi connectivity index (χ1n) is 14.4. The number of hydrogen-bond acceptors (Lipinski definition) is 8. The normalized spacial score (nSPS) is 18.2. The van der Waals surface area contributed by atoms with Crippen LogP contribution in [0.25, 0.3) is 11.3 Å². The Morgan fingerprint density at radius 3 is 2.52 bits per heavy atom. The first kappa shape index (κ1) is 27.7. The average molecular weight is 579 g/mol. The van der Waals surface area contributed by atoms with Gasteiger partial charge in [0.15, 0.2) is 0 Å². The predicted octanol–water partition coefficient (Wildman–Crippen LogP) is 5.80. The largest absolute Gasteiger partial charge is 0.382 e. The van der Waals surface area contributed by atoms with Crippen LogP contribution in [-0.2, 0) is 9.47 Å². The van der Waals surface area contributed by atoms with Crippen molar-refractivity contribution in [2.45, 2.75) is 51.8 Å². The Kier molecular flexibility index (Phi) is 9.04. The molecule has 0 aliphatic carbocycles. The van der Waals surface area contributed by atoms with E-state index in [1.165, 1.54) is 38.1 Å². The number of hydrogen-bond donors (Lipinski definition) is 2. The van der Waals surface area contributed by atoms with Gasteiger partial charge >= 0.3 is 0 Å². The lowest BCUT2D eigenvalue weighted by molar-refractivity contribution is 0.0370. The third-order valence-corrected chi connectivity index (χ3v) is 10.4. The standard InChI is InChI=1S/C31H38N4O3S2/c1-2-22(5-4-10-34-11-15-37-16-12-34)32-23-8-9-27-29(19-23)39-28-7-3-6-25(31(28)40-27)26-20-24(21-30(36)33-26)35-13-17-38-18-14-35/h3,6-9,19-22,32H,2,4-5,10-18H2,1H3,(H,33,36). The van der Waals surface area contributed by atoms with Gasteiger partial charge in [0.2, 0.25) is 5.56 Å². The smallest absolute Gasteiger partial charge is 0.250 e. The van der Waals surface area contributed by atoms with Crippen molar-refractivity contribution in [2.24, 2.45) is 0 Å². The van der Waals surface area contributed by atoms with Crippen LogP contribution in [0.5, 0.6) is 0 Å². The van der Waals surface area contributed by atoms with Crippen molar-refractivity contribution in [1.82, 2.24) is 9.88 Å².